The van der Waals surface area contributed by atoms with Crippen LogP contribution in [0.1, 0.15) is 26.3 Å². The van der Waals surface area contributed by atoms with E-state index in [2.05, 4.69) is 25.7 Å². The van der Waals surface area contributed by atoms with E-state index in [1.165, 1.54) is 0 Å². The molecule has 5 heteroatoms. The molecule has 1 aliphatic heterocycles. The second-order valence-electron chi connectivity index (χ2n) is 7.58. The van der Waals surface area contributed by atoms with Gasteiger partial charge in [0.2, 0.25) is 5.91 Å². The summed E-state index contributed by atoms with van der Waals surface area (Å²) in [6.07, 6.45) is 0.402. The van der Waals surface area contributed by atoms with Gasteiger partial charge in [0.05, 0.1) is 20.6 Å². The van der Waals surface area contributed by atoms with Crippen LogP contribution in [0.3, 0.4) is 0 Å². The summed E-state index contributed by atoms with van der Waals surface area (Å²) in [5.41, 5.74) is 1.25. The van der Waals surface area contributed by atoms with Crippen molar-refractivity contribution in [2.24, 2.45) is 5.41 Å². The molecule has 0 aromatic heterocycles. The van der Waals surface area contributed by atoms with Crippen LogP contribution in [0, 0.1) is 5.41 Å². The highest BCUT2D eigenvalue weighted by molar-refractivity contribution is 5.79. The van der Waals surface area contributed by atoms with Gasteiger partial charge < -0.3 is 14.4 Å². The van der Waals surface area contributed by atoms with Crippen LogP contribution in [0.15, 0.2) is 18.2 Å². The van der Waals surface area contributed by atoms with Crippen molar-refractivity contribution in [3.8, 4) is 11.5 Å². The standard InChI is InChI=1S/C19H30N2O3/c1-19(2,3)14-20-8-10-21(11-9-20)18(22)13-15-6-7-16(23-4)17(12-15)24-5/h6-7,12H,8-11,13-14H2,1-5H3. The van der Waals surface area contributed by atoms with Gasteiger partial charge in [0, 0.05) is 32.7 Å². The van der Waals surface area contributed by atoms with Crippen molar-refractivity contribution >= 4 is 5.91 Å². The Bertz CT molecular complexity index is 558. The second-order valence-corrected chi connectivity index (χ2v) is 7.58. The molecule has 0 N–H and O–H groups in total. The molecular formula is C19H30N2O3. The first-order valence-electron chi connectivity index (χ1n) is 8.53. The molecule has 1 heterocycles. The predicted molar refractivity (Wildman–Crippen MR) is 95.7 cm³/mol. The Hall–Kier alpha value is -1.75. The molecule has 0 aliphatic carbocycles. The fourth-order valence-corrected chi connectivity index (χ4v) is 3.10. The average molecular weight is 334 g/mol. The maximum absolute atomic E-state index is 12.5. The van der Waals surface area contributed by atoms with Crippen LogP contribution < -0.4 is 9.47 Å². The number of benzene rings is 1. The summed E-state index contributed by atoms with van der Waals surface area (Å²) >= 11 is 0. The van der Waals surface area contributed by atoms with Crippen LogP contribution in [0.4, 0.5) is 0 Å². The lowest BCUT2D eigenvalue weighted by Gasteiger charge is -2.37. The molecule has 0 bridgehead atoms. The van der Waals surface area contributed by atoms with Crippen molar-refractivity contribution in [1.82, 2.24) is 9.80 Å². The maximum atomic E-state index is 12.5. The summed E-state index contributed by atoms with van der Waals surface area (Å²) in [5.74, 6) is 1.53. The third-order valence-corrected chi connectivity index (χ3v) is 4.23. The van der Waals surface area contributed by atoms with E-state index in [0.29, 0.717) is 23.3 Å². The third kappa shape index (κ3) is 5.13. The number of hydrogen-bond acceptors (Lipinski definition) is 4. The highest BCUT2D eigenvalue weighted by Gasteiger charge is 2.24. The van der Waals surface area contributed by atoms with Crippen LogP contribution in [-0.4, -0.2) is 62.7 Å². The molecular weight excluding hydrogens is 304 g/mol. The summed E-state index contributed by atoms with van der Waals surface area (Å²) < 4.78 is 10.5. The Morgan fingerprint density at radius 1 is 1.04 bits per heavy atom. The van der Waals surface area contributed by atoms with Gasteiger partial charge in [-0.05, 0) is 23.1 Å². The van der Waals surface area contributed by atoms with Crippen molar-refractivity contribution in [2.45, 2.75) is 27.2 Å². The van der Waals surface area contributed by atoms with Crippen molar-refractivity contribution in [3.05, 3.63) is 23.8 Å². The molecule has 0 unspecified atom stereocenters. The van der Waals surface area contributed by atoms with Gasteiger partial charge in [0.15, 0.2) is 11.5 Å². The number of amides is 1. The van der Waals surface area contributed by atoms with E-state index in [0.717, 1.165) is 38.3 Å². The topological polar surface area (TPSA) is 42.0 Å². The molecule has 1 amide bonds. The van der Waals surface area contributed by atoms with Gasteiger partial charge in [-0.2, -0.15) is 0 Å². The number of ether oxygens (including phenoxy) is 2. The van der Waals surface area contributed by atoms with Crippen LogP contribution in [0.5, 0.6) is 11.5 Å². The number of carbonyl (C=O) groups is 1. The van der Waals surface area contributed by atoms with E-state index in [1.807, 2.05) is 23.1 Å². The number of piperazine rings is 1. The first kappa shape index (κ1) is 18.6. The summed E-state index contributed by atoms with van der Waals surface area (Å²) in [5, 5.41) is 0. The summed E-state index contributed by atoms with van der Waals surface area (Å²) in [4.78, 5) is 17.0. The summed E-state index contributed by atoms with van der Waals surface area (Å²) in [7, 11) is 3.22. The Morgan fingerprint density at radius 3 is 2.21 bits per heavy atom. The van der Waals surface area contributed by atoms with E-state index in [9.17, 15) is 4.79 Å². The highest BCUT2D eigenvalue weighted by Crippen LogP contribution is 2.28. The minimum absolute atomic E-state index is 0.178. The van der Waals surface area contributed by atoms with Crippen molar-refractivity contribution in [1.29, 1.82) is 0 Å². The largest absolute Gasteiger partial charge is 0.493 e. The van der Waals surface area contributed by atoms with E-state index in [4.69, 9.17) is 9.47 Å². The van der Waals surface area contributed by atoms with Crippen molar-refractivity contribution < 1.29 is 14.3 Å². The lowest BCUT2D eigenvalue weighted by Crippen LogP contribution is -2.50. The fourth-order valence-electron chi connectivity index (χ4n) is 3.10. The fraction of sp³-hybridized carbons (Fsp3) is 0.632. The zero-order chi connectivity index (χ0) is 17.7. The molecule has 0 saturated carbocycles. The molecule has 1 saturated heterocycles. The lowest BCUT2D eigenvalue weighted by molar-refractivity contribution is -0.132. The average Bonchev–Trinajstić information content (AvgIpc) is 2.53. The van der Waals surface area contributed by atoms with Crippen LogP contribution in [0.2, 0.25) is 0 Å². The molecule has 1 aliphatic rings. The van der Waals surface area contributed by atoms with Crippen molar-refractivity contribution in [2.75, 3.05) is 46.9 Å². The highest BCUT2D eigenvalue weighted by atomic mass is 16.5. The third-order valence-electron chi connectivity index (χ3n) is 4.23. The zero-order valence-corrected chi connectivity index (χ0v) is 15.6. The van der Waals surface area contributed by atoms with E-state index < -0.39 is 0 Å². The predicted octanol–water partition coefficient (Wildman–Crippen LogP) is 2.44. The minimum atomic E-state index is 0.178. The normalized spacial score (nSPS) is 16.1. The molecule has 2 rings (SSSR count). The summed E-state index contributed by atoms with van der Waals surface area (Å²) in [6, 6.07) is 5.66. The number of hydrogen-bond donors (Lipinski definition) is 0. The Labute approximate surface area is 145 Å². The second kappa shape index (κ2) is 7.88. The minimum Gasteiger partial charge on any atom is -0.493 e. The van der Waals surface area contributed by atoms with Gasteiger partial charge >= 0.3 is 0 Å². The number of methoxy groups -OCH3 is 2. The number of nitrogens with zero attached hydrogens (tertiary/aromatic N) is 2. The molecule has 1 fully saturated rings. The first-order valence-corrected chi connectivity index (χ1v) is 8.53. The van der Waals surface area contributed by atoms with Crippen LogP contribution in [0.25, 0.3) is 0 Å². The lowest BCUT2D eigenvalue weighted by atomic mass is 9.96. The SMILES string of the molecule is COc1ccc(CC(=O)N2CCN(CC(C)(C)C)CC2)cc1OC. The van der Waals surface area contributed by atoms with Gasteiger partial charge in [0.25, 0.3) is 0 Å². The molecule has 0 spiro atoms. The monoisotopic (exact) mass is 334 g/mol. The van der Waals surface area contributed by atoms with Gasteiger partial charge in [-0.15, -0.1) is 0 Å². The molecule has 0 radical (unpaired) electrons. The van der Waals surface area contributed by atoms with Gasteiger partial charge in [-0.25, -0.2) is 0 Å². The quantitative estimate of drug-likeness (QED) is 0.829. The Morgan fingerprint density at radius 2 is 1.67 bits per heavy atom. The van der Waals surface area contributed by atoms with Gasteiger partial charge in [-0.3, -0.25) is 9.69 Å². The Kier molecular flexibility index (Phi) is 6.10. The number of carbonyl (C=O) groups excluding carboxylic acids is 1. The van der Waals surface area contributed by atoms with Crippen LogP contribution in [-0.2, 0) is 11.2 Å². The summed E-state index contributed by atoms with van der Waals surface area (Å²) in [6.45, 7) is 11.4. The first-order chi connectivity index (χ1) is 11.3. The zero-order valence-electron chi connectivity index (χ0n) is 15.6. The molecule has 134 valence electrons. The van der Waals surface area contributed by atoms with E-state index in [1.54, 1.807) is 14.2 Å². The maximum Gasteiger partial charge on any atom is 0.227 e. The Balaban J connectivity index is 1.90. The van der Waals surface area contributed by atoms with Gasteiger partial charge in [0.1, 0.15) is 0 Å². The number of rotatable bonds is 5. The molecule has 0 atom stereocenters. The molecule has 24 heavy (non-hydrogen) atoms. The molecule has 1 aromatic rings. The molecule has 1 aromatic carbocycles. The smallest absolute Gasteiger partial charge is 0.227 e. The van der Waals surface area contributed by atoms with Gasteiger partial charge in [-0.1, -0.05) is 26.8 Å². The van der Waals surface area contributed by atoms with E-state index >= 15 is 0 Å². The molecule has 5 nitrogen and oxygen atoms in total. The van der Waals surface area contributed by atoms with E-state index in [-0.39, 0.29) is 5.91 Å². The van der Waals surface area contributed by atoms with Crippen LogP contribution >= 0.6 is 0 Å². The van der Waals surface area contributed by atoms with Crippen molar-refractivity contribution in [3.63, 3.8) is 0 Å².